The average Bonchev–Trinajstić information content (AvgIpc) is 2.65. The molecule has 1 saturated carbocycles. The molecule has 0 unspecified atom stereocenters. The average molecular weight is 225 g/mol. The maximum atomic E-state index is 12.2. The van der Waals surface area contributed by atoms with Crippen molar-refractivity contribution in [3.05, 3.63) is 0 Å². The van der Waals surface area contributed by atoms with Crippen molar-refractivity contribution in [1.29, 1.82) is 0 Å². The first-order valence-corrected chi connectivity index (χ1v) is 6.44. The smallest absolute Gasteiger partial charge is 0.223 e. The van der Waals surface area contributed by atoms with Gasteiger partial charge in [-0.15, -0.1) is 0 Å². The Morgan fingerprint density at radius 2 is 2.31 bits per heavy atom. The van der Waals surface area contributed by atoms with Crippen LogP contribution in [0.15, 0.2) is 0 Å². The van der Waals surface area contributed by atoms with Gasteiger partial charge in [0, 0.05) is 38.1 Å². The van der Waals surface area contributed by atoms with Crippen LogP contribution in [-0.2, 0) is 4.79 Å². The maximum absolute atomic E-state index is 12.2. The van der Waals surface area contributed by atoms with E-state index in [9.17, 15) is 4.79 Å². The fourth-order valence-corrected chi connectivity index (χ4v) is 2.87. The summed E-state index contributed by atoms with van der Waals surface area (Å²) in [6, 6.07) is 0.584. The van der Waals surface area contributed by atoms with Crippen molar-refractivity contribution in [2.45, 2.75) is 44.7 Å². The molecular formula is C12H23N3O. The van der Waals surface area contributed by atoms with E-state index in [1.807, 2.05) is 4.90 Å². The Kier molecular flexibility index (Phi) is 3.82. The summed E-state index contributed by atoms with van der Waals surface area (Å²) in [6.07, 6.45) is 4.07. The number of nitrogens with two attached hydrogens (primary N) is 1. The number of amides is 1. The van der Waals surface area contributed by atoms with Crippen LogP contribution in [0.5, 0.6) is 0 Å². The summed E-state index contributed by atoms with van der Waals surface area (Å²) in [6.45, 7) is 4.80. The van der Waals surface area contributed by atoms with Crippen molar-refractivity contribution in [2.75, 3.05) is 19.6 Å². The fourth-order valence-electron chi connectivity index (χ4n) is 2.87. The first-order valence-electron chi connectivity index (χ1n) is 6.44. The Morgan fingerprint density at radius 3 is 2.94 bits per heavy atom. The van der Waals surface area contributed by atoms with E-state index in [0.717, 1.165) is 32.5 Å². The van der Waals surface area contributed by atoms with Crippen LogP contribution in [-0.4, -0.2) is 42.5 Å². The van der Waals surface area contributed by atoms with Gasteiger partial charge >= 0.3 is 0 Å². The van der Waals surface area contributed by atoms with Gasteiger partial charge in [0.1, 0.15) is 0 Å². The molecule has 0 aromatic rings. The van der Waals surface area contributed by atoms with E-state index in [2.05, 4.69) is 12.2 Å². The molecule has 0 radical (unpaired) electrons. The molecule has 1 saturated heterocycles. The summed E-state index contributed by atoms with van der Waals surface area (Å²) in [5.74, 6) is 0.728. The molecule has 3 N–H and O–H groups in total. The summed E-state index contributed by atoms with van der Waals surface area (Å²) >= 11 is 0. The van der Waals surface area contributed by atoms with Crippen molar-refractivity contribution >= 4 is 5.91 Å². The van der Waals surface area contributed by atoms with E-state index in [1.165, 1.54) is 6.42 Å². The van der Waals surface area contributed by atoms with Crippen LogP contribution >= 0.6 is 0 Å². The third-order valence-corrected chi connectivity index (χ3v) is 3.98. The van der Waals surface area contributed by atoms with Gasteiger partial charge in [0.2, 0.25) is 5.91 Å². The van der Waals surface area contributed by atoms with Gasteiger partial charge in [0.25, 0.3) is 0 Å². The van der Waals surface area contributed by atoms with E-state index in [-0.39, 0.29) is 6.04 Å². The number of nitrogens with one attached hydrogen (secondary N) is 1. The molecule has 4 heteroatoms. The summed E-state index contributed by atoms with van der Waals surface area (Å²) in [5, 5.41) is 3.30. The zero-order valence-electron chi connectivity index (χ0n) is 10.1. The van der Waals surface area contributed by atoms with Crippen molar-refractivity contribution in [3.63, 3.8) is 0 Å². The number of hydrogen-bond donors (Lipinski definition) is 2. The van der Waals surface area contributed by atoms with Gasteiger partial charge < -0.3 is 16.0 Å². The summed E-state index contributed by atoms with van der Waals surface area (Å²) in [5.41, 5.74) is 6.01. The van der Waals surface area contributed by atoms with Crippen LogP contribution in [0.2, 0.25) is 0 Å². The fraction of sp³-hybridized carbons (Fsp3) is 0.917. The molecule has 92 valence electrons. The van der Waals surface area contributed by atoms with Crippen LogP contribution in [0.1, 0.15) is 32.6 Å². The summed E-state index contributed by atoms with van der Waals surface area (Å²) < 4.78 is 0. The molecule has 0 aromatic heterocycles. The maximum Gasteiger partial charge on any atom is 0.223 e. The molecule has 1 heterocycles. The lowest BCUT2D eigenvalue weighted by Crippen LogP contribution is -2.52. The Labute approximate surface area is 97.6 Å². The molecule has 0 spiro atoms. The molecule has 2 rings (SSSR count). The molecule has 0 bridgehead atoms. The monoisotopic (exact) mass is 225 g/mol. The molecule has 2 fully saturated rings. The van der Waals surface area contributed by atoms with Crippen molar-refractivity contribution in [1.82, 2.24) is 10.2 Å². The minimum absolute atomic E-state index is 0.252. The first kappa shape index (κ1) is 11.9. The highest BCUT2D eigenvalue weighted by molar-refractivity contribution is 5.77. The van der Waals surface area contributed by atoms with Crippen molar-refractivity contribution in [2.24, 2.45) is 11.7 Å². The number of piperazine rings is 1. The number of rotatable bonds is 2. The second kappa shape index (κ2) is 5.15. The van der Waals surface area contributed by atoms with E-state index >= 15 is 0 Å². The Hall–Kier alpha value is -0.610. The van der Waals surface area contributed by atoms with Crippen LogP contribution in [0.4, 0.5) is 0 Å². The summed E-state index contributed by atoms with van der Waals surface area (Å²) in [4.78, 5) is 14.2. The molecular weight excluding hydrogens is 202 g/mol. The van der Waals surface area contributed by atoms with E-state index in [1.54, 1.807) is 0 Å². The van der Waals surface area contributed by atoms with Gasteiger partial charge in [-0.1, -0.05) is 6.42 Å². The van der Waals surface area contributed by atoms with Crippen LogP contribution < -0.4 is 11.1 Å². The third kappa shape index (κ3) is 2.55. The second-order valence-corrected chi connectivity index (χ2v) is 5.20. The Morgan fingerprint density at radius 1 is 1.50 bits per heavy atom. The van der Waals surface area contributed by atoms with Gasteiger partial charge in [-0.3, -0.25) is 4.79 Å². The van der Waals surface area contributed by atoms with Crippen LogP contribution in [0.3, 0.4) is 0 Å². The van der Waals surface area contributed by atoms with Gasteiger partial charge in [-0.2, -0.15) is 0 Å². The zero-order valence-corrected chi connectivity index (χ0v) is 10.1. The van der Waals surface area contributed by atoms with E-state index in [0.29, 0.717) is 24.3 Å². The first-order chi connectivity index (χ1) is 7.68. The molecule has 2 aliphatic rings. The number of hydrogen-bond acceptors (Lipinski definition) is 3. The van der Waals surface area contributed by atoms with Gasteiger partial charge in [-0.25, -0.2) is 0 Å². The molecule has 1 aliphatic heterocycles. The number of nitrogens with zero attached hydrogens (tertiary/aromatic N) is 1. The number of carbonyl (C=O) groups excluding carboxylic acids is 1. The lowest BCUT2D eigenvalue weighted by Gasteiger charge is -2.35. The van der Waals surface area contributed by atoms with Gasteiger partial charge in [-0.05, 0) is 25.7 Å². The normalized spacial score (nSPS) is 35.4. The third-order valence-electron chi connectivity index (χ3n) is 3.98. The van der Waals surface area contributed by atoms with Gasteiger partial charge in [0.15, 0.2) is 0 Å². The van der Waals surface area contributed by atoms with Crippen molar-refractivity contribution in [3.8, 4) is 0 Å². The highest BCUT2D eigenvalue weighted by Crippen LogP contribution is 2.27. The minimum atomic E-state index is 0.252. The Balaban J connectivity index is 1.86. The zero-order chi connectivity index (χ0) is 11.5. The van der Waals surface area contributed by atoms with Crippen LogP contribution in [0, 0.1) is 5.92 Å². The molecule has 0 aromatic carbocycles. The predicted molar refractivity (Wildman–Crippen MR) is 64.0 cm³/mol. The molecule has 1 aliphatic carbocycles. The molecule has 16 heavy (non-hydrogen) atoms. The predicted octanol–water partition coefficient (Wildman–Crippen LogP) is 0.324. The lowest BCUT2D eigenvalue weighted by molar-refractivity contribution is -0.135. The number of carbonyl (C=O) groups is 1. The Bertz CT molecular complexity index is 257. The highest BCUT2D eigenvalue weighted by atomic mass is 16.2. The molecule has 1 amide bonds. The van der Waals surface area contributed by atoms with Crippen LogP contribution in [0.25, 0.3) is 0 Å². The molecule has 4 nitrogen and oxygen atoms in total. The highest BCUT2D eigenvalue weighted by Gasteiger charge is 2.30. The van der Waals surface area contributed by atoms with E-state index < -0.39 is 0 Å². The SMILES string of the molecule is C[C@H]1CNCCN1C(=O)C[C@@H]1CCC[C@H]1N. The standard InChI is InChI=1S/C12H23N3O/c1-9-8-14-5-6-15(9)12(16)7-10-3-2-4-11(10)13/h9-11,14H,2-8,13H2,1H3/t9-,10-,11+/m0/s1. The summed E-state index contributed by atoms with van der Waals surface area (Å²) in [7, 11) is 0. The van der Waals surface area contributed by atoms with Gasteiger partial charge in [0.05, 0.1) is 0 Å². The largest absolute Gasteiger partial charge is 0.337 e. The molecule has 3 atom stereocenters. The van der Waals surface area contributed by atoms with E-state index in [4.69, 9.17) is 5.73 Å². The lowest BCUT2D eigenvalue weighted by atomic mass is 9.99. The minimum Gasteiger partial charge on any atom is -0.337 e. The quantitative estimate of drug-likeness (QED) is 0.712. The topological polar surface area (TPSA) is 58.4 Å². The van der Waals surface area contributed by atoms with Crippen molar-refractivity contribution < 1.29 is 4.79 Å². The second-order valence-electron chi connectivity index (χ2n) is 5.20.